The lowest BCUT2D eigenvalue weighted by molar-refractivity contribution is -0.124. The Labute approximate surface area is 98.2 Å². The van der Waals surface area contributed by atoms with Gasteiger partial charge in [0.25, 0.3) is 0 Å². The minimum Gasteiger partial charge on any atom is -0.352 e. The van der Waals surface area contributed by atoms with Gasteiger partial charge in [0.1, 0.15) is 11.6 Å². The zero-order chi connectivity index (χ0) is 12.3. The van der Waals surface area contributed by atoms with Crippen LogP contribution in [0.4, 0.5) is 8.78 Å². The van der Waals surface area contributed by atoms with Crippen LogP contribution >= 0.6 is 0 Å². The van der Waals surface area contributed by atoms with E-state index in [-0.39, 0.29) is 18.4 Å². The molecule has 1 fully saturated rings. The Kier molecular flexibility index (Phi) is 3.68. The predicted molar refractivity (Wildman–Crippen MR) is 59.2 cm³/mol. The van der Waals surface area contributed by atoms with Crippen LogP contribution < -0.4 is 10.6 Å². The van der Waals surface area contributed by atoms with E-state index in [0.717, 1.165) is 19.0 Å². The minimum absolute atomic E-state index is 0.0430. The van der Waals surface area contributed by atoms with E-state index in [1.807, 2.05) is 0 Å². The normalized spacial score (nSPS) is 19.3. The molecule has 5 heteroatoms. The molecular weight excluding hydrogens is 226 g/mol. The number of hydrogen-bond donors (Lipinski definition) is 2. The Balaban J connectivity index is 1.90. The van der Waals surface area contributed by atoms with Gasteiger partial charge in [0.05, 0.1) is 5.92 Å². The van der Waals surface area contributed by atoms with E-state index in [1.165, 1.54) is 12.1 Å². The molecule has 1 aromatic rings. The molecule has 1 atom stereocenters. The van der Waals surface area contributed by atoms with E-state index in [4.69, 9.17) is 0 Å². The highest BCUT2D eigenvalue weighted by Crippen LogP contribution is 2.11. The van der Waals surface area contributed by atoms with Gasteiger partial charge in [0.15, 0.2) is 0 Å². The maximum absolute atomic E-state index is 13.3. The number of benzene rings is 1. The summed E-state index contributed by atoms with van der Waals surface area (Å²) in [6.07, 6.45) is 0.803. The molecule has 0 saturated carbocycles. The fraction of sp³-hybridized carbons (Fsp3) is 0.417. The van der Waals surface area contributed by atoms with Crippen LogP contribution in [0.3, 0.4) is 0 Å². The first-order valence-electron chi connectivity index (χ1n) is 5.59. The van der Waals surface area contributed by atoms with E-state index in [9.17, 15) is 13.6 Å². The van der Waals surface area contributed by atoms with E-state index < -0.39 is 11.6 Å². The van der Waals surface area contributed by atoms with Crippen molar-refractivity contribution in [2.75, 3.05) is 13.1 Å². The molecule has 1 aliphatic rings. The number of carbonyl (C=O) groups excluding carboxylic acids is 1. The van der Waals surface area contributed by atoms with Crippen LogP contribution in [0.1, 0.15) is 12.0 Å². The lowest BCUT2D eigenvalue weighted by atomic mass is 10.1. The Morgan fingerprint density at radius 1 is 1.47 bits per heavy atom. The zero-order valence-corrected chi connectivity index (χ0v) is 9.30. The average molecular weight is 240 g/mol. The van der Waals surface area contributed by atoms with Crippen molar-refractivity contribution in [2.24, 2.45) is 5.92 Å². The Hall–Kier alpha value is -1.49. The maximum atomic E-state index is 13.3. The number of halogens is 2. The third kappa shape index (κ3) is 3.00. The molecule has 1 aliphatic heterocycles. The van der Waals surface area contributed by atoms with E-state index in [0.29, 0.717) is 12.1 Å². The van der Waals surface area contributed by atoms with E-state index in [1.54, 1.807) is 0 Å². The molecule has 1 unspecified atom stereocenters. The van der Waals surface area contributed by atoms with Crippen molar-refractivity contribution in [3.8, 4) is 0 Å². The number of rotatable bonds is 3. The Morgan fingerprint density at radius 3 is 2.94 bits per heavy atom. The number of carbonyl (C=O) groups is 1. The SMILES string of the molecule is O=C(NCc1ccc(F)cc1F)C1CCNC1. The van der Waals surface area contributed by atoms with Gasteiger partial charge in [-0.15, -0.1) is 0 Å². The van der Waals surface area contributed by atoms with Gasteiger partial charge in [-0.25, -0.2) is 8.78 Å². The lowest BCUT2D eigenvalue weighted by Gasteiger charge is -2.10. The van der Waals surface area contributed by atoms with Gasteiger partial charge in [-0.1, -0.05) is 6.07 Å². The van der Waals surface area contributed by atoms with Crippen LogP contribution in [-0.4, -0.2) is 19.0 Å². The predicted octanol–water partition coefficient (Wildman–Crippen LogP) is 1.19. The first kappa shape index (κ1) is 12.0. The van der Waals surface area contributed by atoms with Crippen LogP contribution in [0, 0.1) is 17.6 Å². The summed E-state index contributed by atoms with van der Waals surface area (Å²) in [5, 5.41) is 5.75. The second-order valence-corrected chi connectivity index (χ2v) is 4.14. The van der Waals surface area contributed by atoms with Crippen LogP contribution in [0.15, 0.2) is 18.2 Å². The molecule has 1 amide bonds. The smallest absolute Gasteiger partial charge is 0.224 e. The third-order valence-corrected chi connectivity index (χ3v) is 2.90. The molecule has 0 aliphatic carbocycles. The number of hydrogen-bond acceptors (Lipinski definition) is 2. The summed E-state index contributed by atoms with van der Waals surface area (Å²) < 4.78 is 25.9. The second kappa shape index (κ2) is 5.23. The molecule has 1 aromatic carbocycles. The van der Waals surface area contributed by atoms with Gasteiger partial charge < -0.3 is 10.6 Å². The van der Waals surface area contributed by atoms with Crippen molar-refractivity contribution >= 4 is 5.91 Å². The van der Waals surface area contributed by atoms with Crippen molar-refractivity contribution < 1.29 is 13.6 Å². The van der Waals surface area contributed by atoms with Crippen molar-refractivity contribution in [1.29, 1.82) is 0 Å². The monoisotopic (exact) mass is 240 g/mol. The molecule has 1 heterocycles. The Morgan fingerprint density at radius 2 is 2.29 bits per heavy atom. The van der Waals surface area contributed by atoms with Gasteiger partial charge in [0.2, 0.25) is 5.91 Å². The first-order valence-corrected chi connectivity index (χ1v) is 5.59. The van der Waals surface area contributed by atoms with Crippen LogP contribution in [0.5, 0.6) is 0 Å². The highest BCUT2D eigenvalue weighted by Gasteiger charge is 2.22. The molecule has 0 bridgehead atoms. The fourth-order valence-corrected chi connectivity index (χ4v) is 1.87. The van der Waals surface area contributed by atoms with Gasteiger partial charge in [-0.05, 0) is 19.0 Å². The van der Waals surface area contributed by atoms with Crippen LogP contribution in [-0.2, 0) is 11.3 Å². The molecule has 3 nitrogen and oxygen atoms in total. The third-order valence-electron chi connectivity index (χ3n) is 2.90. The van der Waals surface area contributed by atoms with Crippen molar-refractivity contribution in [2.45, 2.75) is 13.0 Å². The summed E-state index contributed by atoms with van der Waals surface area (Å²) in [5.41, 5.74) is 0.297. The molecular formula is C12H14F2N2O. The lowest BCUT2D eigenvalue weighted by Crippen LogP contribution is -2.31. The largest absolute Gasteiger partial charge is 0.352 e. The first-order chi connectivity index (χ1) is 8.16. The highest BCUT2D eigenvalue weighted by atomic mass is 19.1. The molecule has 0 aromatic heterocycles. The zero-order valence-electron chi connectivity index (χ0n) is 9.30. The average Bonchev–Trinajstić information content (AvgIpc) is 2.81. The summed E-state index contributed by atoms with van der Waals surface area (Å²) in [6, 6.07) is 3.35. The summed E-state index contributed by atoms with van der Waals surface area (Å²) in [5.74, 6) is -1.37. The molecule has 92 valence electrons. The van der Waals surface area contributed by atoms with Crippen LogP contribution in [0.25, 0.3) is 0 Å². The summed E-state index contributed by atoms with van der Waals surface area (Å²) in [4.78, 5) is 11.6. The van der Waals surface area contributed by atoms with Gasteiger partial charge in [-0.2, -0.15) is 0 Å². The van der Waals surface area contributed by atoms with Crippen molar-refractivity contribution in [3.05, 3.63) is 35.4 Å². The van der Waals surface area contributed by atoms with Gasteiger partial charge in [-0.3, -0.25) is 4.79 Å². The Bertz CT molecular complexity index is 417. The summed E-state index contributed by atoms with van der Waals surface area (Å²) in [6.45, 7) is 1.60. The summed E-state index contributed by atoms with van der Waals surface area (Å²) in [7, 11) is 0. The van der Waals surface area contributed by atoms with E-state index in [2.05, 4.69) is 10.6 Å². The van der Waals surface area contributed by atoms with E-state index >= 15 is 0 Å². The molecule has 0 spiro atoms. The molecule has 2 N–H and O–H groups in total. The summed E-state index contributed by atoms with van der Waals surface area (Å²) >= 11 is 0. The quantitative estimate of drug-likeness (QED) is 0.833. The number of nitrogens with one attached hydrogen (secondary N) is 2. The van der Waals surface area contributed by atoms with Crippen molar-refractivity contribution in [3.63, 3.8) is 0 Å². The fourth-order valence-electron chi connectivity index (χ4n) is 1.87. The molecule has 17 heavy (non-hydrogen) atoms. The van der Waals surface area contributed by atoms with Crippen LogP contribution in [0.2, 0.25) is 0 Å². The molecule has 2 rings (SSSR count). The minimum atomic E-state index is -0.630. The highest BCUT2D eigenvalue weighted by molar-refractivity contribution is 5.79. The van der Waals surface area contributed by atoms with Gasteiger partial charge >= 0.3 is 0 Å². The topological polar surface area (TPSA) is 41.1 Å². The number of amides is 1. The molecule has 0 radical (unpaired) electrons. The second-order valence-electron chi connectivity index (χ2n) is 4.14. The van der Waals surface area contributed by atoms with Crippen molar-refractivity contribution in [1.82, 2.24) is 10.6 Å². The maximum Gasteiger partial charge on any atom is 0.224 e. The molecule has 1 saturated heterocycles. The standard InChI is InChI=1S/C12H14F2N2O/c13-10-2-1-8(11(14)5-10)7-16-12(17)9-3-4-15-6-9/h1-2,5,9,15H,3-4,6-7H2,(H,16,17). The van der Waals surface area contributed by atoms with Gasteiger partial charge in [0, 0.05) is 24.7 Å².